The number of hydrogen-bond donors (Lipinski definition) is 1. The third-order valence-electron chi connectivity index (χ3n) is 3.08. The first-order valence-electron chi connectivity index (χ1n) is 6.56. The molecule has 108 valence electrons. The fourth-order valence-corrected chi connectivity index (χ4v) is 2.09. The molecule has 0 unspecified atom stereocenters. The molecular formula is C16H15NO4. The van der Waals surface area contributed by atoms with Crippen LogP contribution in [0.3, 0.4) is 0 Å². The van der Waals surface area contributed by atoms with E-state index in [0.717, 1.165) is 5.69 Å². The highest BCUT2D eigenvalue weighted by Gasteiger charge is 2.15. The lowest BCUT2D eigenvalue weighted by Crippen LogP contribution is -2.05. The van der Waals surface area contributed by atoms with Crippen LogP contribution in [0.15, 0.2) is 47.0 Å². The maximum absolute atomic E-state index is 12.0. The van der Waals surface area contributed by atoms with Gasteiger partial charge >= 0.3 is 0 Å². The number of allylic oxidation sites excluding steroid dienone is 1. The number of furan rings is 1. The third kappa shape index (κ3) is 2.91. The summed E-state index contributed by atoms with van der Waals surface area (Å²) in [5.41, 5.74) is 1.39. The van der Waals surface area contributed by atoms with E-state index < -0.39 is 0 Å². The van der Waals surface area contributed by atoms with Crippen molar-refractivity contribution in [1.82, 2.24) is 0 Å². The van der Waals surface area contributed by atoms with Crippen LogP contribution in [0.4, 0.5) is 5.69 Å². The molecule has 3 rings (SSSR count). The highest BCUT2D eigenvalue weighted by molar-refractivity contribution is 5.95. The van der Waals surface area contributed by atoms with Crippen molar-refractivity contribution in [1.29, 1.82) is 0 Å². The molecule has 1 N–H and O–H groups in total. The zero-order valence-electron chi connectivity index (χ0n) is 11.6. The minimum Gasteiger partial charge on any atom is -0.458 e. The van der Waals surface area contributed by atoms with Gasteiger partial charge in [0.25, 0.3) is 0 Å². The Balaban J connectivity index is 1.62. The predicted octanol–water partition coefficient (Wildman–Crippen LogP) is 3.52. The van der Waals surface area contributed by atoms with Crippen LogP contribution in [-0.2, 0) is 0 Å². The van der Waals surface area contributed by atoms with E-state index in [-0.39, 0.29) is 19.0 Å². The first-order valence-corrected chi connectivity index (χ1v) is 6.56. The largest absolute Gasteiger partial charge is 0.458 e. The van der Waals surface area contributed by atoms with Gasteiger partial charge in [-0.1, -0.05) is 6.58 Å². The molecule has 2 heterocycles. The molecule has 0 amide bonds. The monoisotopic (exact) mass is 285 g/mol. The van der Waals surface area contributed by atoms with Crippen molar-refractivity contribution < 1.29 is 18.7 Å². The van der Waals surface area contributed by atoms with Gasteiger partial charge in [-0.05, 0) is 31.2 Å². The van der Waals surface area contributed by atoms with Crippen LogP contribution in [0.5, 0.6) is 11.5 Å². The van der Waals surface area contributed by atoms with Gasteiger partial charge in [-0.3, -0.25) is 4.79 Å². The van der Waals surface area contributed by atoms with Crippen LogP contribution in [0.1, 0.15) is 22.7 Å². The summed E-state index contributed by atoms with van der Waals surface area (Å²) in [4.78, 5) is 12.0. The van der Waals surface area contributed by atoms with Gasteiger partial charge in [0.05, 0.1) is 6.42 Å². The molecule has 0 saturated carbocycles. The Kier molecular flexibility index (Phi) is 3.39. The van der Waals surface area contributed by atoms with E-state index in [1.54, 1.807) is 19.1 Å². The molecule has 5 nitrogen and oxygen atoms in total. The molecule has 1 aromatic carbocycles. The number of carbonyl (C=O) groups is 1. The van der Waals surface area contributed by atoms with E-state index in [4.69, 9.17) is 13.9 Å². The number of benzene rings is 1. The molecule has 5 heteroatoms. The number of hydrogen-bond acceptors (Lipinski definition) is 5. The number of ether oxygens (including phenoxy) is 2. The first-order chi connectivity index (χ1) is 10.1. The lowest BCUT2D eigenvalue weighted by Gasteiger charge is -2.09. The van der Waals surface area contributed by atoms with E-state index in [1.165, 1.54) is 0 Å². The summed E-state index contributed by atoms with van der Waals surface area (Å²) in [6.07, 6.45) is 0.168. The van der Waals surface area contributed by atoms with Crippen molar-refractivity contribution >= 4 is 11.5 Å². The number of nitrogens with one attached hydrogen (secondary N) is 1. The molecule has 1 aliphatic heterocycles. The molecule has 21 heavy (non-hydrogen) atoms. The Hall–Kier alpha value is -2.69. The molecule has 0 saturated heterocycles. The third-order valence-corrected chi connectivity index (χ3v) is 3.08. The zero-order chi connectivity index (χ0) is 14.8. The molecule has 2 aromatic rings. The van der Waals surface area contributed by atoms with Crippen molar-refractivity contribution in [2.45, 2.75) is 13.3 Å². The molecule has 0 atom stereocenters. The smallest absolute Gasteiger partial charge is 0.231 e. The lowest BCUT2D eigenvalue weighted by molar-refractivity contribution is 0.0965. The van der Waals surface area contributed by atoms with Gasteiger partial charge in [-0.2, -0.15) is 0 Å². The van der Waals surface area contributed by atoms with E-state index in [1.807, 2.05) is 18.2 Å². The Bertz CT molecular complexity index is 702. The summed E-state index contributed by atoms with van der Waals surface area (Å²) < 4.78 is 15.8. The second-order valence-corrected chi connectivity index (χ2v) is 4.81. The summed E-state index contributed by atoms with van der Waals surface area (Å²) in [6.45, 7) is 5.90. The highest BCUT2D eigenvalue weighted by Crippen LogP contribution is 2.34. The van der Waals surface area contributed by atoms with Crippen LogP contribution in [0.2, 0.25) is 0 Å². The summed E-state index contributed by atoms with van der Waals surface area (Å²) in [5, 5.41) is 3.09. The standard InChI is InChI=1S/C16H15NO4/c1-10(7-13(18)14-5-3-11(2)21-14)17-12-4-6-15-16(8-12)20-9-19-15/h3-6,8,17H,1,7,9H2,2H3. The summed E-state index contributed by atoms with van der Waals surface area (Å²) in [5.74, 6) is 2.35. The summed E-state index contributed by atoms with van der Waals surface area (Å²) >= 11 is 0. The van der Waals surface area contributed by atoms with E-state index >= 15 is 0 Å². The number of ketones is 1. The van der Waals surface area contributed by atoms with E-state index in [2.05, 4.69) is 11.9 Å². The highest BCUT2D eigenvalue weighted by atomic mass is 16.7. The van der Waals surface area contributed by atoms with Gasteiger partial charge in [0.1, 0.15) is 5.76 Å². The van der Waals surface area contributed by atoms with Crippen molar-refractivity contribution in [3.05, 3.63) is 54.1 Å². The quantitative estimate of drug-likeness (QED) is 0.852. The Morgan fingerprint density at radius 3 is 2.81 bits per heavy atom. The molecule has 1 aliphatic rings. The van der Waals surface area contributed by atoms with Gasteiger partial charge < -0.3 is 19.2 Å². The van der Waals surface area contributed by atoms with Gasteiger partial charge in [0.2, 0.25) is 12.6 Å². The van der Waals surface area contributed by atoms with Crippen molar-refractivity contribution in [3.8, 4) is 11.5 Å². The Morgan fingerprint density at radius 1 is 1.24 bits per heavy atom. The van der Waals surface area contributed by atoms with Crippen molar-refractivity contribution in [3.63, 3.8) is 0 Å². The van der Waals surface area contributed by atoms with Crippen molar-refractivity contribution in [2.75, 3.05) is 12.1 Å². The molecular weight excluding hydrogens is 270 g/mol. The number of aryl methyl sites for hydroxylation is 1. The number of fused-ring (bicyclic) bond motifs is 1. The SMILES string of the molecule is C=C(CC(=O)c1ccc(C)o1)Nc1ccc2c(c1)OCO2. The average Bonchev–Trinajstić information content (AvgIpc) is 3.06. The molecule has 0 bridgehead atoms. The number of Topliss-reactive ketones (excluding diaryl/α,β-unsaturated/α-hetero) is 1. The lowest BCUT2D eigenvalue weighted by atomic mass is 10.2. The number of rotatable bonds is 5. The van der Waals surface area contributed by atoms with Crippen LogP contribution >= 0.6 is 0 Å². The topological polar surface area (TPSA) is 60.7 Å². The molecule has 0 radical (unpaired) electrons. The molecule has 0 aliphatic carbocycles. The number of anilines is 1. The molecule has 1 aromatic heterocycles. The van der Waals surface area contributed by atoms with Crippen LogP contribution in [0.25, 0.3) is 0 Å². The van der Waals surface area contributed by atoms with Gasteiger partial charge in [0.15, 0.2) is 17.3 Å². The normalized spacial score (nSPS) is 12.2. The average molecular weight is 285 g/mol. The molecule has 0 spiro atoms. The van der Waals surface area contributed by atoms with Crippen molar-refractivity contribution in [2.24, 2.45) is 0 Å². The van der Waals surface area contributed by atoms with Gasteiger partial charge in [-0.25, -0.2) is 0 Å². The van der Waals surface area contributed by atoms with E-state index in [0.29, 0.717) is 28.7 Å². The fraction of sp³-hybridized carbons (Fsp3) is 0.188. The minimum atomic E-state index is -0.110. The second-order valence-electron chi connectivity index (χ2n) is 4.81. The summed E-state index contributed by atoms with van der Waals surface area (Å²) in [7, 11) is 0. The Labute approximate surface area is 122 Å². The Morgan fingerprint density at radius 2 is 2.05 bits per heavy atom. The van der Waals surface area contributed by atoms with Gasteiger partial charge in [-0.15, -0.1) is 0 Å². The zero-order valence-corrected chi connectivity index (χ0v) is 11.6. The first kappa shape index (κ1) is 13.3. The van der Waals surface area contributed by atoms with Gasteiger partial charge in [0, 0.05) is 17.5 Å². The predicted molar refractivity (Wildman–Crippen MR) is 77.7 cm³/mol. The number of carbonyl (C=O) groups excluding carboxylic acids is 1. The van der Waals surface area contributed by atoms with Crippen LogP contribution < -0.4 is 14.8 Å². The fourth-order valence-electron chi connectivity index (χ4n) is 2.09. The van der Waals surface area contributed by atoms with E-state index in [9.17, 15) is 4.79 Å². The molecule has 0 fully saturated rings. The maximum Gasteiger partial charge on any atom is 0.231 e. The minimum absolute atomic E-state index is 0.110. The van der Waals surface area contributed by atoms with Crippen LogP contribution in [0, 0.1) is 6.92 Å². The van der Waals surface area contributed by atoms with Crippen LogP contribution in [-0.4, -0.2) is 12.6 Å². The summed E-state index contributed by atoms with van der Waals surface area (Å²) in [6, 6.07) is 8.91. The maximum atomic E-state index is 12.0. The second kappa shape index (κ2) is 5.36.